The first kappa shape index (κ1) is 10.9. The summed E-state index contributed by atoms with van der Waals surface area (Å²) >= 11 is 0. The molecule has 1 unspecified atom stereocenters. The Labute approximate surface area is 106 Å². The van der Waals surface area contributed by atoms with Crippen molar-refractivity contribution >= 4 is 11.6 Å². The van der Waals surface area contributed by atoms with Crippen LogP contribution in [0.2, 0.25) is 0 Å². The summed E-state index contributed by atoms with van der Waals surface area (Å²) in [7, 11) is 0. The van der Waals surface area contributed by atoms with Gasteiger partial charge in [0.2, 0.25) is 5.91 Å². The second kappa shape index (κ2) is 4.56. The van der Waals surface area contributed by atoms with E-state index in [1.165, 1.54) is 5.56 Å². The molecule has 0 radical (unpaired) electrons. The molecule has 0 saturated heterocycles. The summed E-state index contributed by atoms with van der Waals surface area (Å²) in [6.07, 6.45) is 5.48. The van der Waals surface area contributed by atoms with E-state index in [0.717, 1.165) is 18.5 Å². The van der Waals surface area contributed by atoms with Gasteiger partial charge >= 0.3 is 0 Å². The van der Waals surface area contributed by atoms with Crippen molar-refractivity contribution in [2.45, 2.75) is 18.9 Å². The molecule has 3 rings (SSSR count). The van der Waals surface area contributed by atoms with Crippen molar-refractivity contribution < 1.29 is 4.79 Å². The van der Waals surface area contributed by atoms with Gasteiger partial charge in [0.1, 0.15) is 6.04 Å². The van der Waals surface area contributed by atoms with E-state index in [-0.39, 0.29) is 11.9 Å². The second-order valence-electron chi connectivity index (χ2n) is 4.46. The maximum atomic E-state index is 12.1. The van der Waals surface area contributed by atoms with Gasteiger partial charge in [-0.3, -0.25) is 9.47 Å². The summed E-state index contributed by atoms with van der Waals surface area (Å²) in [6, 6.07) is 11.6. The van der Waals surface area contributed by atoms with E-state index >= 15 is 0 Å². The highest BCUT2D eigenvalue weighted by molar-refractivity contribution is 5.97. The number of para-hydroxylation sites is 1. The predicted molar refractivity (Wildman–Crippen MR) is 71.0 cm³/mol. The molecular weight excluding hydrogens is 226 g/mol. The highest BCUT2D eigenvalue weighted by atomic mass is 16.2. The van der Waals surface area contributed by atoms with Crippen LogP contribution in [0.1, 0.15) is 12.0 Å². The lowest BCUT2D eigenvalue weighted by Crippen LogP contribution is -2.37. The number of carbonyl (C=O) groups is 1. The van der Waals surface area contributed by atoms with Crippen LogP contribution in [0.15, 0.2) is 48.8 Å². The van der Waals surface area contributed by atoms with Gasteiger partial charge in [-0.05, 0) is 36.6 Å². The number of rotatable bonds is 2. The molecule has 4 nitrogen and oxygen atoms in total. The Hall–Kier alpha value is -2.23. The van der Waals surface area contributed by atoms with Gasteiger partial charge in [0.05, 0.1) is 0 Å². The minimum Gasteiger partial charge on any atom is -0.324 e. The number of benzene rings is 1. The monoisotopic (exact) mass is 241 g/mol. The summed E-state index contributed by atoms with van der Waals surface area (Å²) in [5.74, 6) is 0.0219. The van der Waals surface area contributed by atoms with Gasteiger partial charge in [0, 0.05) is 18.1 Å². The fourth-order valence-corrected chi connectivity index (χ4v) is 2.23. The molecule has 1 aromatic carbocycles. The standard InChI is InChI=1S/C14H15N3O/c18-14-13(16-17-9-3-4-10-17)8-7-11-5-1-2-6-12(11)15-14/h1-6,9-10,13,16H,7-8H2,(H,15,18). The van der Waals surface area contributed by atoms with Crippen molar-refractivity contribution in [3.05, 3.63) is 54.4 Å². The average Bonchev–Trinajstić information content (AvgIpc) is 2.83. The van der Waals surface area contributed by atoms with Crippen molar-refractivity contribution in [1.82, 2.24) is 4.68 Å². The Morgan fingerprint density at radius 1 is 1.17 bits per heavy atom. The summed E-state index contributed by atoms with van der Waals surface area (Å²) in [5, 5.41) is 2.97. The molecule has 2 heterocycles. The number of aryl methyl sites for hydroxylation is 1. The van der Waals surface area contributed by atoms with E-state index in [1.54, 1.807) is 0 Å². The Balaban J connectivity index is 1.78. The second-order valence-corrected chi connectivity index (χ2v) is 4.46. The van der Waals surface area contributed by atoms with Crippen LogP contribution < -0.4 is 10.7 Å². The average molecular weight is 241 g/mol. The van der Waals surface area contributed by atoms with E-state index in [9.17, 15) is 4.79 Å². The van der Waals surface area contributed by atoms with E-state index in [4.69, 9.17) is 0 Å². The zero-order valence-electron chi connectivity index (χ0n) is 9.97. The molecular formula is C14H15N3O. The van der Waals surface area contributed by atoms with Gasteiger partial charge in [0.15, 0.2) is 0 Å². The van der Waals surface area contributed by atoms with Gasteiger partial charge in [-0.2, -0.15) is 0 Å². The number of nitrogens with zero attached hydrogens (tertiary/aromatic N) is 1. The van der Waals surface area contributed by atoms with E-state index < -0.39 is 0 Å². The molecule has 0 aliphatic carbocycles. The van der Waals surface area contributed by atoms with Crippen molar-refractivity contribution in [2.75, 3.05) is 10.7 Å². The Bertz CT molecular complexity index is 548. The van der Waals surface area contributed by atoms with E-state index in [2.05, 4.69) is 16.8 Å². The molecule has 1 amide bonds. The number of hydrogen-bond donors (Lipinski definition) is 2. The Kier molecular flexibility index (Phi) is 2.76. The predicted octanol–water partition coefficient (Wildman–Crippen LogP) is 1.99. The topological polar surface area (TPSA) is 46.1 Å². The summed E-state index contributed by atoms with van der Waals surface area (Å²) < 4.78 is 1.82. The number of carbonyl (C=O) groups excluding carboxylic acids is 1. The number of nitrogens with one attached hydrogen (secondary N) is 2. The van der Waals surface area contributed by atoms with Crippen LogP contribution in [0.25, 0.3) is 0 Å². The first-order chi connectivity index (χ1) is 8.83. The Morgan fingerprint density at radius 2 is 1.94 bits per heavy atom. The molecule has 2 aromatic rings. The zero-order chi connectivity index (χ0) is 12.4. The summed E-state index contributed by atoms with van der Waals surface area (Å²) in [6.45, 7) is 0. The third kappa shape index (κ3) is 2.09. The zero-order valence-corrected chi connectivity index (χ0v) is 9.97. The SMILES string of the molecule is O=C1Nc2ccccc2CCC1Nn1cccc1. The van der Waals surface area contributed by atoms with Crippen LogP contribution >= 0.6 is 0 Å². The van der Waals surface area contributed by atoms with Crippen LogP contribution in [0.3, 0.4) is 0 Å². The third-order valence-electron chi connectivity index (χ3n) is 3.20. The molecule has 0 spiro atoms. The largest absolute Gasteiger partial charge is 0.324 e. The highest BCUT2D eigenvalue weighted by Gasteiger charge is 2.23. The molecule has 1 aliphatic rings. The molecule has 1 atom stereocenters. The lowest BCUT2D eigenvalue weighted by molar-refractivity contribution is -0.117. The third-order valence-corrected chi connectivity index (χ3v) is 3.20. The fourth-order valence-electron chi connectivity index (χ4n) is 2.23. The normalized spacial score (nSPS) is 18.7. The van der Waals surface area contributed by atoms with Crippen LogP contribution in [-0.2, 0) is 11.2 Å². The van der Waals surface area contributed by atoms with Crippen LogP contribution in [0.4, 0.5) is 5.69 Å². The molecule has 4 heteroatoms. The summed E-state index contributed by atoms with van der Waals surface area (Å²) in [5.41, 5.74) is 5.32. The van der Waals surface area contributed by atoms with Crippen molar-refractivity contribution in [3.8, 4) is 0 Å². The first-order valence-electron chi connectivity index (χ1n) is 6.11. The molecule has 18 heavy (non-hydrogen) atoms. The molecule has 92 valence electrons. The van der Waals surface area contributed by atoms with Gasteiger partial charge in [-0.15, -0.1) is 0 Å². The maximum Gasteiger partial charge on any atom is 0.248 e. The quantitative estimate of drug-likeness (QED) is 0.844. The van der Waals surface area contributed by atoms with Crippen molar-refractivity contribution in [2.24, 2.45) is 0 Å². The molecule has 1 aromatic heterocycles. The minimum atomic E-state index is -0.204. The van der Waals surface area contributed by atoms with E-state index in [1.807, 2.05) is 47.4 Å². The van der Waals surface area contributed by atoms with Crippen LogP contribution in [0, 0.1) is 0 Å². The number of anilines is 1. The number of hydrogen-bond acceptors (Lipinski definition) is 2. The lowest BCUT2D eigenvalue weighted by Gasteiger charge is -2.17. The van der Waals surface area contributed by atoms with Gasteiger partial charge in [0.25, 0.3) is 0 Å². The van der Waals surface area contributed by atoms with Crippen molar-refractivity contribution in [3.63, 3.8) is 0 Å². The van der Waals surface area contributed by atoms with E-state index in [0.29, 0.717) is 0 Å². The smallest absolute Gasteiger partial charge is 0.248 e. The van der Waals surface area contributed by atoms with Crippen LogP contribution in [-0.4, -0.2) is 16.6 Å². The number of fused-ring (bicyclic) bond motifs is 1. The molecule has 1 aliphatic heterocycles. The van der Waals surface area contributed by atoms with Gasteiger partial charge in [-0.1, -0.05) is 18.2 Å². The molecule has 0 saturated carbocycles. The molecule has 2 N–H and O–H groups in total. The number of aromatic nitrogens is 1. The fraction of sp³-hybridized carbons (Fsp3) is 0.214. The Morgan fingerprint density at radius 3 is 2.78 bits per heavy atom. The lowest BCUT2D eigenvalue weighted by atomic mass is 10.1. The summed E-state index contributed by atoms with van der Waals surface area (Å²) in [4.78, 5) is 12.1. The van der Waals surface area contributed by atoms with Crippen LogP contribution in [0.5, 0.6) is 0 Å². The molecule has 0 fully saturated rings. The van der Waals surface area contributed by atoms with Gasteiger partial charge in [-0.25, -0.2) is 0 Å². The molecule has 0 bridgehead atoms. The minimum absolute atomic E-state index is 0.0219. The first-order valence-corrected chi connectivity index (χ1v) is 6.11. The number of amides is 1. The maximum absolute atomic E-state index is 12.1. The van der Waals surface area contributed by atoms with Gasteiger partial charge < -0.3 is 10.7 Å². The highest BCUT2D eigenvalue weighted by Crippen LogP contribution is 2.21. The van der Waals surface area contributed by atoms with Crippen molar-refractivity contribution in [1.29, 1.82) is 0 Å².